The topological polar surface area (TPSA) is 61.3 Å². The van der Waals surface area contributed by atoms with Crippen molar-refractivity contribution in [2.75, 3.05) is 13.2 Å². The maximum atomic E-state index is 5.71. The largest absolute Gasteiger partial charge is 0.443 e. The molecule has 15 heavy (non-hydrogen) atoms. The van der Waals surface area contributed by atoms with Crippen molar-refractivity contribution in [2.24, 2.45) is 5.73 Å². The highest BCUT2D eigenvalue weighted by Crippen LogP contribution is 2.34. The van der Waals surface area contributed by atoms with Crippen LogP contribution < -0.4 is 5.73 Å². The lowest BCUT2D eigenvalue weighted by Gasteiger charge is -2.30. The molecule has 1 aromatic rings. The van der Waals surface area contributed by atoms with Gasteiger partial charge in [-0.2, -0.15) is 0 Å². The summed E-state index contributed by atoms with van der Waals surface area (Å²) < 4.78 is 11.1. The molecule has 0 radical (unpaired) electrons. The van der Waals surface area contributed by atoms with E-state index in [-0.39, 0.29) is 5.41 Å². The van der Waals surface area contributed by atoms with Crippen LogP contribution in [0.4, 0.5) is 0 Å². The predicted octanol–water partition coefficient (Wildman–Crippen LogP) is 1.51. The van der Waals surface area contributed by atoms with Crippen LogP contribution in [0.15, 0.2) is 4.42 Å². The van der Waals surface area contributed by atoms with Gasteiger partial charge in [-0.1, -0.05) is 6.92 Å². The minimum absolute atomic E-state index is 0.0242. The summed E-state index contributed by atoms with van der Waals surface area (Å²) >= 11 is 0. The van der Waals surface area contributed by atoms with Crippen LogP contribution in [-0.2, 0) is 16.7 Å². The second-order valence-electron chi connectivity index (χ2n) is 4.40. The minimum Gasteiger partial charge on any atom is -0.443 e. The summed E-state index contributed by atoms with van der Waals surface area (Å²) in [7, 11) is 0. The highest BCUT2D eigenvalue weighted by atomic mass is 16.5. The van der Waals surface area contributed by atoms with Gasteiger partial charge in [0.2, 0.25) is 5.89 Å². The van der Waals surface area contributed by atoms with E-state index < -0.39 is 0 Å². The van der Waals surface area contributed by atoms with Crippen molar-refractivity contribution in [1.29, 1.82) is 0 Å². The third-order valence-electron chi connectivity index (χ3n) is 3.19. The van der Waals surface area contributed by atoms with Gasteiger partial charge in [-0.25, -0.2) is 4.98 Å². The standard InChI is InChI=1S/C11H18N2O2/c1-8-9(7-12)15-10(13-8)11(2)3-5-14-6-4-11/h3-7,12H2,1-2H3. The van der Waals surface area contributed by atoms with Gasteiger partial charge in [0.25, 0.3) is 0 Å². The van der Waals surface area contributed by atoms with E-state index >= 15 is 0 Å². The van der Waals surface area contributed by atoms with Gasteiger partial charge in [0.1, 0.15) is 5.76 Å². The monoisotopic (exact) mass is 210 g/mol. The number of hydrogen-bond donors (Lipinski definition) is 1. The highest BCUT2D eigenvalue weighted by molar-refractivity contribution is 5.13. The number of ether oxygens (including phenoxy) is 1. The maximum absolute atomic E-state index is 5.71. The predicted molar refractivity (Wildman–Crippen MR) is 56.5 cm³/mol. The third-order valence-corrected chi connectivity index (χ3v) is 3.19. The van der Waals surface area contributed by atoms with Crippen molar-refractivity contribution in [3.05, 3.63) is 17.3 Å². The molecule has 0 atom stereocenters. The third kappa shape index (κ3) is 1.92. The molecule has 84 valence electrons. The van der Waals surface area contributed by atoms with Crippen molar-refractivity contribution < 1.29 is 9.15 Å². The van der Waals surface area contributed by atoms with Crippen LogP contribution in [0.5, 0.6) is 0 Å². The molecule has 1 fully saturated rings. The first kappa shape index (κ1) is 10.6. The van der Waals surface area contributed by atoms with Gasteiger partial charge in [0.15, 0.2) is 0 Å². The SMILES string of the molecule is Cc1nc(C2(C)CCOCC2)oc1CN. The summed E-state index contributed by atoms with van der Waals surface area (Å²) in [6.07, 6.45) is 1.94. The first-order chi connectivity index (χ1) is 7.15. The Bertz CT molecular complexity index is 340. The van der Waals surface area contributed by atoms with E-state index in [4.69, 9.17) is 14.9 Å². The average Bonchev–Trinajstić information content (AvgIpc) is 2.61. The van der Waals surface area contributed by atoms with Crippen LogP contribution in [-0.4, -0.2) is 18.2 Å². The van der Waals surface area contributed by atoms with E-state index in [9.17, 15) is 0 Å². The Kier molecular flexibility index (Phi) is 2.80. The summed E-state index contributed by atoms with van der Waals surface area (Å²) in [6.45, 7) is 6.12. The molecule has 0 unspecified atom stereocenters. The van der Waals surface area contributed by atoms with E-state index in [1.54, 1.807) is 0 Å². The van der Waals surface area contributed by atoms with Gasteiger partial charge < -0.3 is 14.9 Å². The van der Waals surface area contributed by atoms with E-state index in [0.717, 1.165) is 43.4 Å². The van der Waals surface area contributed by atoms with Gasteiger partial charge in [0.05, 0.1) is 12.2 Å². The molecule has 0 aliphatic carbocycles. The molecule has 0 bridgehead atoms. The molecule has 0 amide bonds. The first-order valence-corrected chi connectivity index (χ1v) is 5.40. The van der Waals surface area contributed by atoms with Crippen LogP contribution in [0.2, 0.25) is 0 Å². The van der Waals surface area contributed by atoms with Gasteiger partial charge >= 0.3 is 0 Å². The smallest absolute Gasteiger partial charge is 0.200 e. The van der Waals surface area contributed by atoms with Crippen molar-refractivity contribution in [1.82, 2.24) is 4.98 Å². The zero-order chi connectivity index (χ0) is 10.9. The van der Waals surface area contributed by atoms with Crippen LogP contribution in [0, 0.1) is 6.92 Å². The van der Waals surface area contributed by atoms with Crippen molar-refractivity contribution in [3.8, 4) is 0 Å². The normalized spacial score (nSPS) is 20.5. The lowest BCUT2D eigenvalue weighted by Crippen LogP contribution is -2.30. The Hall–Kier alpha value is -0.870. The molecule has 4 heteroatoms. The lowest BCUT2D eigenvalue weighted by molar-refractivity contribution is 0.0466. The van der Waals surface area contributed by atoms with Gasteiger partial charge in [0, 0.05) is 18.6 Å². The molecule has 0 saturated carbocycles. The first-order valence-electron chi connectivity index (χ1n) is 5.40. The zero-order valence-corrected chi connectivity index (χ0v) is 9.38. The molecular weight excluding hydrogens is 192 g/mol. The van der Waals surface area contributed by atoms with Gasteiger partial charge in [-0.05, 0) is 19.8 Å². The van der Waals surface area contributed by atoms with Crippen LogP contribution in [0.3, 0.4) is 0 Å². The number of aromatic nitrogens is 1. The molecule has 0 aromatic carbocycles. The second kappa shape index (κ2) is 3.94. The molecule has 4 nitrogen and oxygen atoms in total. The van der Waals surface area contributed by atoms with Gasteiger partial charge in [-0.15, -0.1) is 0 Å². The Morgan fingerprint density at radius 1 is 1.40 bits per heavy atom. The molecular formula is C11H18N2O2. The maximum Gasteiger partial charge on any atom is 0.200 e. The fraction of sp³-hybridized carbons (Fsp3) is 0.727. The molecule has 1 saturated heterocycles. The van der Waals surface area contributed by atoms with Crippen LogP contribution in [0.1, 0.15) is 37.1 Å². The molecule has 1 aromatic heterocycles. The van der Waals surface area contributed by atoms with E-state index in [1.165, 1.54) is 0 Å². The number of rotatable bonds is 2. The molecule has 1 aliphatic rings. The number of nitrogens with zero attached hydrogens (tertiary/aromatic N) is 1. The lowest BCUT2D eigenvalue weighted by atomic mass is 9.82. The Labute approximate surface area is 89.8 Å². The second-order valence-corrected chi connectivity index (χ2v) is 4.40. The fourth-order valence-electron chi connectivity index (χ4n) is 1.91. The van der Waals surface area contributed by atoms with Crippen molar-refractivity contribution >= 4 is 0 Å². The minimum atomic E-state index is 0.0242. The molecule has 0 spiro atoms. The summed E-state index contributed by atoms with van der Waals surface area (Å²) in [5.74, 6) is 1.63. The summed E-state index contributed by atoms with van der Waals surface area (Å²) in [6, 6.07) is 0. The number of nitrogens with two attached hydrogens (primary N) is 1. The van der Waals surface area contributed by atoms with Crippen LogP contribution in [0.25, 0.3) is 0 Å². The number of aryl methyl sites for hydroxylation is 1. The summed E-state index contributed by atoms with van der Waals surface area (Å²) in [5.41, 5.74) is 6.52. The molecule has 1 aliphatic heterocycles. The van der Waals surface area contributed by atoms with E-state index in [0.29, 0.717) is 6.54 Å². The number of oxazole rings is 1. The summed E-state index contributed by atoms with van der Waals surface area (Å²) in [5, 5.41) is 0. The Balaban J connectivity index is 2.27. The Morgan fingerprint density at radius 2 is 2.07 bits per heavy atom. The van der Waals surface area contributed by atoms with Crippen LogP contribution >= 0.6 is 0 Å². The van der Waals surface area contributed by atoms with Crippen molar-refractivity contribution in [2.45, 2.75) is 38.6 Å². The van der Waals surface area contributed by atoms with Crippen molar-refractivity contribution in [3.63, 3.8) is 0 Å². The quantitative estimate of drug-likeness (QED) is 0.803. The van der Waals surface area contributed by atoms with E-state index in [2.05, 4.69) is 11.9 Å². The number of hydrogen-bond acceptors (Lipinski definition) is 4. The fourth-order valence-corrected chi connectivity index (χ4v) is 1.91. The molecule has 2 heterocycles. The van der Waals surface area contributed by atoms with Gasteiger partial charge in [-0.3, -0.25) is 0 Å². The van der Waals surface area contributed by atoms with E-state index in [1.807, 2.05) is 6.92 Å². The average molecular weight is 210 g/mol. The summed E-state index contributed by atoms with van der Waals surface area (Å²) in [4.78, 5) is 4.47. The molecule has 2 rings (SSSR count). The molecule has 2 N–H and O–H groups in total. The Morgan fingerprint density at radius 3 is 2.60 bits per heavy atom. The highest BCUT2D eigenvalue weighted by Gasteiger charge is 2.34. The zero-order valence-electron chi connectivity index (χ0n) is 9.38.